The van der Waals surface area contributed by atoms with Gasteiger partial charge in [0.05, 0.1) is 6.61 Å². The van der Waals surface area contributed by atoms with Gasteiger partial charge in [-0.2, -0.15) is 0 Å². The Labute approximate surface area is 115 Å². The Morgan fingerprint density at radius 1 is 1.37 bits per heavy atom. The minimum atomic E-state index is -0.00453. The van der Waals surface area contributed by atoms with Crippen molar-refractivity contribution >= 4 is 5.91 Å². The van der Waals surface area contributed by atoms with Crippen molar-refractivity contribution in [1.29, 1.82) is 0 Å². The van der Waals surface area contributed by atoms with Gasteiger partial charge in [0, 0.05) is 18.4 Å². The van der Waals surface area contributed by atoms with E-state index in [-0.39, 0.29) is 17.9 Å². The molecule has 0 atom stereocenters. The molecule has 0 spiro atoms. The molecule has 0 aromatic heterocycles. The molecule has 1 aromatic carbocycles. The van der Waals surface area contributed by atoms with Crippen molar-refractivity contribution in [2.24, 2.45) is 5.41 Å². The van der Waals surface area contributed by atoms with Crippen LogP contribution in [0.4, 0.5) is 0 Å². The Balaban J connectivity index is 1.77. The first kappa shape index (κ1) is 14.1. The van der Waals surface area contributed by atoms with Crippen molar-refractivity contribution in [2.75, 3.05) is 13.2 Å². The number of hydrogen-bond acceptors (Lipinski definition) is 2. The SMILES string of the molecule is Cc1ccc(CCC(=O)NCC2(CO)CC2)c(C)c1. The molecule has 0 unspecified atom stereocenters. The van der Waals surface area contributed by atoms with Crippen LogP contribution >= 0.6 is 0 Å². The van der Waals surface area contributed by atoms with Gasteiger partial charge >= 0.3 is 0 Å². The number of aliphatic hydroxyl groups is 1. The highest BCUT2D eigenvalue weighted by atomic mass is 16.3. The van der Waals surface area contributed by atoms with Crippen LogP contribution in [-0.2, 0) is 11.2 Å². The van der Waals surface area contributed by atoms with Gasteiger partial charge in [-0.25, -0.2) is 0 Å². The molecule has 0 aliphatic heterocycles. The summed E-state index contributed by atoms with van der Waals surface area (Å²) < 4.78 is 0. The minimum absolute atomic E-state index is 0.00453. The van der Waals surface area contributed by atoms with Crippen LogP contribution in [0, 0.1) is 19.3 Å². The van der Waals surface area contributed by atoms with Gasteiger partial charge in [-0.15, -0.1) is 0 Å². The molecule has 3 nitrogen and oxygen atoms in total. The van der Waals surface area contributed by atoms with Crippen LogP contribution in [0.3, 0.4) is 0 Å². The molecule has 0 saturated heterocycles. The van der Waals surface area contributed by atoms with E-state index in [4.69, 9.17) is 0 Å². The summed E-state index contributed by atoms with van der Waals surface area (Å²) in [7, 11) is 0. The maximum Gasteiger partial charge on any atom is 0.220 e. The monoisotopic (exact) mass is 261 g/mol. The number of carbonyl (C=O) groups excluding carboxylic acids is 1. The smallest absolute Gasteiger partial charge is 0.220 e. The molecule has 2 N–H and O–H groups in total. The summed E-state index contributed by atoms with van der Waals surface area (Å²) in [5.74, 6) is 0.0831. The Morgan fingerprint density at radius 2 is 2.11 bits per heavy atom. The summed E-state index contributed by atoms with van der Waals surface area (Å²) in [5.41, 5.74) is 3.74. The third kappa shape index (κ3) is 3.80. The van der Waals surface area contributed by atoms with Crippen LogP contribution in [0.2, 0.25) is 0 Å². The van der Waals surface area contributed by atoms with Gasteiger partial charge in [0.2, 0.25) is 5.91 Å². The molecule has 0 radical (unpaired) electrons. The number of amides is 1. The summed E-state index contributed by atoms with van der Waals surface area (Å²) in [6, 6.07) is 6.34. The van der Waals surface area contributed by atoms with Gasteiger partial charge in [-0.1, -0.05) is 23.8 Å². The van der Waals surface area contributed by atoms with Crippen molar-refractivity contribution in [3.8, 4) is 0 Å². The van der Waals surface area contributed by atoms with Gasteiger partial charge in [0.1, 0.15) is 0 Å². The molecule has 1 aliphatic rings. The first-order chi connectivity index (χ1) is 9.04. The molecule has 1 saturated carbocycles. The lowest BCUT2D eigenvalue weighted by Gasteiger charge is -2.13. The molecule has 0 heterocycles. The van der Waals surface area contributed by atoms with Gasteiger partial charge in [-0.05, 0) is 44.2 Å². The zero-order valence-electron chi connectivity index (χ0n) is 11.8. The first-order valence-electron chi connectivity index (χ1n) is 6.98. The topological polar surface area (TPSA) is 49.3 Å². The van der Waals surface area contributed by atoms with E-state index in [0.29, 0.717) is 13.0 Å². The molecule has 1 amide bonds. The normalized spacial score (nSPS) is 16.2. The van der Waals surface area contributed by atoms with Gasteiger partial charge in [-0.3, -0.25) is 4.79 Å². The second-order valence-corrected chi connectivity index (χ2v) is 5.86. The molecular formula is C16H23NO2. The average Bonchev–Trinajstić information content (AvgIpc) is 3.16. The van der Waals surface area contributed by atoms with Gasteiger partial charge < -0.3 is 10.4 Å². The Morgan fingerprint density at radius 3 is 2.68 bits per heavy atom. The number of hydrogen-bond donors (Lipinski definition) is 2. The number of benzene rings is 1. The molecular weight excluding hydrogens is 238 g/mol. The standard InChI is InChI=1S/C16H23NO2/c1-12-3-4-14(13(2)9-12)5-6-15(19)17-10-16(11-18)7-8-16/h3-4,9,18H,5-8,10-11H2,1-2H3,(H,17,19). The van der Waals surface area contributed by atoms with Gasteiger partial charge in [0.15, 0.2) is 0 Å². The first-order valence-corrected chi connectivity index (χ1v) is 6.98. The maximum absolute atomic E-state index is 11.8. The van der Waals surface area contributed by atoms with E-state index in [2.05, 4.69) is 37.4 Å². The Hall–Kier alpha value is -1.35. The number of carbonyl (C=O) groups is 1. The molecule has 104 valence electrons. The van der Waals surface area contributed by atoms with E-state index in [1.54, 1.807) is 0 Å². The minimum Gasteiger partial charge on any atom is -0.396 e. The highest BCUT2D eigenvalue weighted by Crippen LogP contribution is 2.44. The summed E-state index contributed by atoms with van der Waals surface area (Å²) >= 11 is 0. The zero-order chi connectivity index (χ0) is 13.9. The van der Waals surface area contributed by atoms with Crippen LogP contribution in [0.25, 0.3) is 0 Å². The Bertz CT molecular complexity index is 464. The molecule has 3 heteroatoms. The molecule has 19 heavy (non-hydrogen) atoms. The lowest BCUT2D eigenvalue weighted by molar-refractivity contribution is -0.121. The fraction of sp³-hybridized carbons (Fsp3) is 0.562. The second kappa shape index (κ2) is 5.74. The third-order valence-electron chi connectivity index (χ3n) is 4.07. The number of nitrogens with one attached hydrogen (secondary N) is 1. The zero-order valence-corrected chi connectivity index (χ0v) is 11.8. The Kier molecular flexibility index (Phi) is 4.25. The summed E-state index contributed by atoms with van der Waals surface area (Å²) in [6.45, 7) is 4.97. The molecule has 1 aliphatic carbocycles. The number of aryl methyl sites for hydroxylation is 3. The molecule has 0 bridgehead atoms. The van der Waals surface area contributed by atoms with Crippen molar-refractivity contribution in [2.45, 2.75) is 39.5 Å². The van der Waals surface area contributed by atoms with E-state index >= 15 is 0 Å². The highest BCUT2D eigenvalue weighted by Gasteiger charge is 2.41. The predicted molar refractivity (Wildman–Crippen MR) is 76.0 cm³/mol. The second-order valence-electron chi connectivity index (χ2n) is 5.86. The highest BCUT2D eigenvalue weighted by molar-refractivity contribution is 5.76. The molecule has 2 rings (SSSR count). The third-order valence-corrected chi connectivity index (χ3v) is 4.07. The van der Waals surface area contributed by atoms with Crippen molar-refractivity contribution in [3.05, 3.63) is 34.9 Å². The van der Waals surface area contributed by atoms with Crippen LogP contribution in [-0.4, -0.2) is 24.2 Å². The van der Waals surface area contributed by atoms with Crippen molar-refractivity contribution < 1.29 is 9.90 Å². The molecule has 1 aromatic rings. The van der Waals surface area contributed by atoms with Gasteiger partial charge in [0.25, 0.3) is 0 Å². The summed E-state index contributed by atoms with van der Waals surface area (Å²) in [4.78, 5) is 11.8. The van der Waals surface area contributed by atoms with Crippen molar-refractivity contribution in [3.63, 3.8) is 0 Å². The largest absolute Gasteiger partial charge is 0.396 e. The quantitative estimate of drug-likeness (QED) is 0.824. The summed E-state index contributed by atoms with van der Waals surface area (Å²) in [6.07, 6.45) is 3.36. The van der Waals surface area contributed by atoms with Crippen LogP contribution in [0.5, 0.6) is 0 Å². The number of rotatable bonds is 6. The fourth-order valence-electron chi connectivity index (χ4n) is 2.32. The van der Waals surface area contributed by atoms with E-state index < -0.39 is 0 Å². The van der Waals surface area contributed by atoms with Crippen molar-refractivity contribution in [1.82, 2.24) is 5.32 Å². The molecule has 1 fully saturated rings. The fourth-order valence-corrected chi connectivity index (χ4v) is 2.32. The van der Waals surface area contributed by atoms with E-state index in [9.17, 15) is 9.90 Å². The van der Waals surface area contributed by atoms with Crippen LogP contribution in [0.1, 0.15) is 36.0 Å². The van der Waals surface area contributed by atoms with Crippen LogP contribution in [0.15, 0.2) is 18.2 Å². The van der Waals surface area contributed by atoms with E-state index in [1.165, 1.54) is 16.7 Å². The number of aliphatic hydroxyl groups excluding tert-OH is 1. The average molecular weight is 261 g/mol. The van der Waals surface area contributed by atoms with Crippen LogP contribution < -0.4 is 5.32 Å². The van der Waals surface area contributed by atoms with E-state index in [0.717, 1.165) is 19.3 Å². The predicted octanol–water partition coefficient (Wildman–Crippen LogP) is 2.12. The van der Waals surface area contributed by atoms with E-state index in [1.807, 2.05) is 0 Å². The lowest BCUT2D eigenvalue weighted by atomic mass is 10.0. The lowest BCUT2D eigenvalue weighted by Crippen LogP contribution is -2.31. The summed E-state index contributed by atoms with van der Waals surface area (Å²) in [5, 5.41) is 12.1. The maximum atomic E-state index is 11.8.